The summed E-state index contributed by atoms with van der Waals surface area (Å²) in [6.45, 7) is 1.06. The highest BCUT2D eigenvalue weighted by atomic mass is 19.1. The Labute approximate surface area is 169 Å². The molecule has 3 aromatic rings. The number of nitrogens with one attached hydrogen (secondary N) is 2. The van der Waals surface area contributed by atoms with Crippen molar-refractivity contribution in [2.24, 2.45) is 4.99 Å². The quantitative estimate of drug-likeness (QED) is 0.470. The highest BCUT2D eigenvalue weighted by Crippen LogP contribution is 2.23. The summed E-state index contributed by atoms with van der Waals surface area (Å²) in [4.78, 5) is 8.50. The molecule has 0 aliphatic heterocycles. The topological polar surface area (TPSA) is 67.8 Å². The molecule has 0 amide bonds. The number of aromatic nitrogens is 1. The zero-order valence-electron chi connectivity index (χ0n) is 16.4. The van der Waals surface area contributed by atoms with Crippen molar-refractivity contribution in [2.45, 2.75) is 13.1 Å². The number of halogens is 1. The normalized spacial score (nSPS) is 11.1. The summed E-state index contributed by atoms with van der Waals surface area (Å²) < 4.78 is 24.3. The molecule has 7 heteroatoms. The second-order valence-electron chi connectivity index (χ2n) is 6.15. The van der Waals surface area contributed by atoms with E-state index >= 15 is 0 Å². The summed E-state index contributed by atoms with van der Waals surface area (Å²) in [6.07, 6.45) is 1.63. The number of aliphatic imine (C=N–C) groups is 1. The van der Waals surface area contributed by atoms with Crippen molar-refractivity contribution >= 4 is 5.96 Å². The third-order valence-electron chi connectivity index (χ3n) is 4.15. The fraction of sp³-hybridized carbons (Fsp3) is 0.182. The van der Waals surface area contributed by atoms with E-state index in [0.29, 0.717) is 30.7 Å². The van der Waals surface area contributed by atoms with Crippen LogP contribution in [-0.4, -0.2) is 25.1 Å². The van der Waals surface area contributed by atoms with Gasteiger partial charge in [-0.15, -0.1) is 0 Å². The van der Waals surface area contributed by atoms with Crippen molar-refractivity contribution in [3.63, 3.8) is 0 Å². The van der Waals surface area contributed by atoms with Crippen LogP contribution in [0.3, 0.4) is 0 Å². The van der Waals surface area contributed by atoms with E-state index < -0.39 is 0 Å². The molecule has 0 saturated carbocycles. The fourth-order valence-electron chi connectivity index (χ4n) is 2.62. The van der Waals surface area contributed by atoms with Crippen LogP contribution in [0.4, 0.5) is 4.39 Å². The van der Waals surface area contributed by atoms with Crippen molar-refractivity contribution in [1.82, 2.24) is 15.6 Å². The number of guanidine groups is 1. The molecule has 0 spiro atoms. The third-order valence-corrected chi connectivity index (χ3v) is 4.15. The van der Waals surface area contributed by atoms with E-state index in [0.717, 1.165) is 16.9 Å². The molecule has 29 heavy (non-hydrogen) atoms. The van der Waals surface area contributed by atoms with E-state index in [-0.39, 0.29) is 5.82 Å². The Morgan fingerprint density at radius 3 is 2.52 bits per heavy atom. The molecule has 1 aromatic heterocycles. The third kappa shape index (κ3) is 5.93. The van der Waals surface area contributed by atoms with Gasteiger partial charge in [0.25, 0.3) is 0 Å². The predicted octanol–water partition coefficient (Wildman–Crippen LogP) is 3.89. The van der Waals surface area contributed by atoms with E-state index in [9.17, 15) is 4.39 Å². The molecule has 2 aromatic carbocycles. The molecule has 0 radical (unpaired) electrons. The molecule has 2 N–H and O–H groups in total. The van der Waals surface area contributed by atoms with Crippen LogP contribution >= 0.6 is 0 Å². The SMILES string of the molecule is CN=C(NCc1ccc(OC)cc1)NCc1cccnc1Oc1cccc(F)c1. The van der Waals surface area contributed by atoms with Gasteiger partial charge < -0.3 is 20.1 Å². The predicted molar refractivity (Wildman–Crippen MR) is 111 cm³/mol. The van der Waals surface area contributed by atoms with Gasteiger partial charge in [-0.25, -0.2) is 9.37 Å². The average molecular weight is 394 g/mol. The lowest BCUT2D eigenvalue weighted by Gasteiger charge is -2.14. The van der Waals surface area contributed by atoms with Crippen LogP contribution in [-0.2, 0) is 13.1 Å². The van der Waals surface area contributed by atoms with Gasteiger partial charge in [-0.05, 0) is 35.9 Å². The standard InChI is InChI=1S/C22H23FN4O2/c1-24-22(26-14-16-8-10-19(28-2)11-9-16)27-15-17-5-4-12-25-21(17)29-20-7-3-6-18(23)13-20/h3-13H,14-15H2,1-2H3,(H2,24,26,27). The van der Waals surface area contributed by atoms with Gasteiger partial charge in [0, 0.05) is 38.0 Å². The first-order valence-electron chi connectivity index (χ1n) is 9.12. The number of benzene rings is 2. The highest BCUT2D eigenvalue weighted by Gasteiger charge is 2.08. The van der Waals surface area contributed by atoms with Gasteiger partial charge in [-0.3, -0.25) is 4.99 Å². The lowest BCUT2D eigenvalue weighted by atomic mass is 10.2. The van der Waals surface area contributed by atoms with Crippen molar-refractivity contribution in [2.75, 3.05) is 14.2 Å². The van der Waals surface area contributed by atoms with Gasteiger partial charge in [0.2, 0.25) is 5.88 Å². The number of nitrogens with zero attached hydrogens (tertiary/aromatic N) is 2. The maximum absolute atomic E-state index is 13.4. The summed E-state index contributed by atoms with van der Waals surface area (Å²) in [7, 11) is 3.35. The number of hydrogen-bond acceptors (Lipinski definition) is 4. The lowest BCUT2D eigenvalue weighted by molar-refractivity contribution is 0.414. The van der Waals surface area contributed by atoms with Gasteiger partial charge in [-0.2, -0.15) is 0 Å². The first-order valence-corrected chi connectivity index (χ1v) is 9.12. The van der Waals surface area contributed by atoms with Crippen LogP contribution in [0.1, 0.15) is 11.1 Å². The second kappa shape index (κ2) is 10.1. The number of ether oxygens (including phenoxy) is 2. The molecule has 0 aliphatic rings. The summed E-state index contributed by atoms with van der Waals surface area (Å²) in [5.41, 5.74) is 1.93. The summed E-state index contributed by atoms with van der Waals surface area (Å²) in [5.74, 6) is 1.91. The fourth-order valence-corrected chi connectivity index (χ4v) is 2.62. The summed E-state index contributed by atoms with van der Waals surface area (Å²) in [6, 6.07) is 17.5. The van der Waals surface area contributed by atoms with E-state index in [4.69, 9.17) is 9.47 Å². The smallest absolute Gasteiger partial charge is 0.224 e. The largest absolute Gasteiger partial charge is 0.497 e. The molecule has 3 rings (SSSR count). The zero-order valence-corrected chi connectivity index (χ0v) is 16.4. The van der Waals surface area contributed by atoms with Crippen molar-refractivity contribution in [1.29, 1.82) is 0 Å². The monoisotopic (exact) mass is 394 g/mol. The van der Waals surface area contributed by atoms with Crippen LogP contribution in [0, 0.1) is 5.82 Å². The van der Waals surface area contributed by atoms with Crippen LogP contribution in [0.25, 0.3) is 0 Å². The average Bonchev–Trinajstić information content (AvgIpc) is 2.75. The zero-order chi connectivity index (χ0) is 20.5. The second-order valence-corrected chi connectivity index (χ2v) is 6.15. The number of pyridine rings is 1. The van der Waals surface area contributed by atoms with E-state index in [1.54, 1.807) is 32.5 Å². The molecule has 0 unspecified atom stereocenters. The van der Waals surface area contributed by atoms with Crippen LogP contribution in [0.2, 0.25) is 0 Å². The van der Waals surface area contributed by atoms with Gasteiger partial charge in [0.1, 0.15) is 17.3 Å². The Morgan fingerprint density at radius 1 is 1.00 bits per heavy atom. The molecular weight excluding hydrogens is 371 g/mol. The summed E-state index contributed by atoms with van der Waals surface area (Å²) in [5, 5.41) is 6.49. The van der Waals surface area contributed by atoms with Gasteiger partial charge in [-0.1, -0.05) is 24.3 Å². The number of hydrogen-bond donors (Lipinski definition) is 2. The van der Waals surface area contributed by atoms with Gasteiger partial charge >= 0.3 is 0 Å². The Morgan fingerprint density at radius 2 is 1.79 bits per heavy atom. The molecule has 0 saturated heterocycles. The molecule has 1 heterocycles. The number of methoxy groups -OCH3 is 1. The van der Waals surface area contributed by atoms with Gasteiger partial charge in [0.05, 0.1) is 7.11 Å². The molecule has 0 fully saturated rings. The van der Waals surface area contributed by atoms with Crippen molar-refractivity contribution in [3.8, 4) is 17.4 Å². The molecule has 6 nitrogen and oxygen atoms in total. The van der Waals surface area contributed by atoms with Crippen LogP contribution in [0.5, 0.6) is 17.4 Å². The maximum Gasteiger partial charge on any atom is 0.224 e. The lowest BCUT2D eigenvalue weighted by Crippen LogP contribution is -2.36. The first-order chi connectivity index (χ1) is 14.2. The minimum Gasteiger partial charge on any atom is -0.497 e. The summed E-state index contributed by atoms with van der Waals surface area (Å²) >= 11 is 0. The Kier molecular flexibility index (Phi) is 7.00. The van der Waals surface area contributed by atoms with Crippen molar-refractivity contribution < 1.29 is 13.9 Å². The molecule has 150 valence electrons. The molecule has 0 bridgehead atoms. The van der Waals surface area contributed by atoms with E-state index in [1.165, 1.54) is 12.1 Å². The maximum atomic E-state index is 13.4. The number of rotatable bonds is 7. The first kappa shape index (κ1) is 20.1. The Bertz CT molecular complexity index is 961. The highest BCUT2D eigenvalue weighted by molar-refractivity contribution is 5.79. The van der Waals surface area contributed by atoms with Crippen LogP contribution in [0.15, 0.2) is 71.9 Å². The minimum atomic E-state index is -0.360. The van der Waals surface area contributed by atoms with E-state index in [1.807, 2.05) is 36.4 Å². The van der Waals surface area contributed by atoms with E-state index in [2.05, 4.69) is 20.6 Å². The Balaban J connectivity index is 1.59. The minimum absolute atomic E-state index is 0.360. The molecular formula is C22H23FN4O2. The molecule has 0 atom stereocenters. The van der Waals surface area contributed by atoms with Gasteiger partial charge in [0.15, 0.2) is 5.96 Å². The Hall–Kier alpha value is -3.61. The van der Waals surface area contributed by atoms with Crippen molar-refractivity contribution in [3.05, 3.63) is 83.8 Å². The molecule has 0 aliphatic carbocycles. The van der Waals surface area contributed by atoms with Crippen LogP contribution < -0.4 is 20.1 Å².